The predicted molar refractivity (Wildman–Crippen MR) is 99.3 cm³/mol. The molecule has 2 aromatic carbocycles. The third-order valence-corrected chi connectivity index (χ3v) is 5.35. The summed E-state index contributed by atoms with van der Waals surface area (Å²) >= 11 is 6.07. The van der Waals surface area contributed by atoms with Crippen LogP contribution in [-0.2, 0) is 16.1 Å². The van der Waals surface area contributed by atoms with Gasteiger partial charge in [-0.1, -0.05) is 29.8 Å². The molecule has 0 unspecified atom stereocenters. The van der Waals surface area contributed by atoms with Gasteiger partial charge in [-0.25, -0.2) is 4.79 Å². The molecule has 0 N–H and O–H groups in total. The molecule has 0 saturated carbocycles. The van der Waals surface area contributed by atoms with E-state index < -0.39 is 0 Å². The Morgan fingerprint density at radius 1 is 1.23 bits per heavy atom. The number of esters is 1. The summed E-state index contributed by atoms with van der Waals surface area (Å²) < 4.78 is 4.72. The van der Waals surface area contributed by atoms with E-state index in [0.29, 0.717) is 17.1 Å². The van der Waals surface area contributed by atoms with E-state index in [4.69, 9.17) is 16.3 Å². The Morgan fingerprint density at radius 2 is 2.00 bits per heavy atom. The van der Waals surface area contributed by atoms with Crippen molar-refractivity contribution in [3.8, 4) is 0 Å². The Labute approximate surface area is 157 Å². The Morgan fingerprint density at radius 3 is 2.65 bits per heavy atom. The highest BCUT2D eigenvalue weighted by Gasteiger charge is 2.49. The van der Waals surface area contributed by atoms with Crippen LogP contribution in [0.15, 0.2) is 48.5 Å². The number of hydrogen-bond acceptors (Lipinski definition) is 4. The fourth-order valence-electron chi connectivity index (χ4n) is 3.90. The van der Waals surface area contributed by atoms with Gasteiger partial charge in [-0.2, -0.15) is 0 Å². The van der Waals surface area contributed by atoms with E-state index in [1.807, 2.05) is 41.3 Å². The van der Waals surface area contributed by atoms with Crippen LogP contribution in [0.1, 0.15) is 22.3 Å². The molecule has 26 heavy (non-hydrogen) atoms. The van der Waals surface area contributed by atoms with Gasteiger partial charge in [-0.15, -0.1) is 0 Å². The first-order valence-electron chi connectivity index (χ1n) is 8.57. The number of fused-ring (bicyclic) bond motifs is 2. The van der Waals surface area contributed by atoms with E-state index in [2.05, 4.69) is 4.90 Å². The first-order chi connectivity index (χ1) is 12.6. The summed E-state index contributed by atoms with van der Waals surface area (Å²) in [6.07, 6.45) is 0.839. The summed E-state index contributed by atoms with van der Waals surface area (Å²) in [7, 11) is 1.37. The number of carbonyl (C=O) groups is 2. The zero-order chi connectivity index (χ0) is 18.3. The normalized spacial score (nSPS) is 22.1. The molecule has 2 aromatic rings. The maximum atomic E-state index is 12.8. The summed E-state index contributed by atoms with van der Waals surface area (Å²) in [4.78, 5) is 28.5. The molecule has 0 spiro atoms. The predicted octanol–water partition coefficient (Wildman–Crippen LogP) is 3.12. The van der Waals surface area contributed by atoms with Gasteiger partial charge < -0.3 is 9.64 Å². The Bertz CT molecular complexity index is 852. The van der Waals surface area contributed by atoms with Gasteiger partial charge in [0, 0.05) is 23.8 Å². The van der Waals surface area contributed by atoms with Crippen molar-refractivity contribution in [2.75, 3.05) is 18.6 Å². The second-order valence-corrected chi connectivity index (χ2v) is 7.15. The first-order valence-corrected chi connectivity index (χ1v) is 8.94. The van der Waals surface area contributed by atoms with Crippen molar-refractivity contribution in [2.24, 2.45) is 0 Å². The van der Waals surface area contributed by atoms with Crippen molar-refractivity contribution >= 4 is 29.2 Å². The van der Waals surface area contributed by atoms with Crippen LogP contribution in [0.4, 0.5) is 5.69 Å². The highest BCUT2D eigenvalue weighted by molar-refractivity contribution is 6.31. The van der Waals surface area contributed by atoms with Crippen LogP contribution >= 0.6 is 11.6 Å². The second kappa shape index (κ2) is 6.74. The summed E-state index contributed by atoms with van der Waals surface area (Å²) in [5.41, 5.74) is 2.48. The summed E-state index contributed by atoms with van der Waals surface area (Å²) in [5, 5.41) is 0.639. The summed E-state index contributed by atoms with van der Waals surface area (Å²) in [5.74, 6) is -0.209. The minimum atomic E-state index is -0.343. The van der Waals surface area contributed by atoms with E-state index in [1.165, 1.54) is 7.11 Å². The lowest BCUT2D eigenvalue weighted by Gasteiger charge is -2.34. The van der Waals surface area contributed by atoms with E-state index >= 15 is 0 Å². The smallest absolute Gasteiger partial charge is 0.337 e. The van der Waals surface area contributed by atoms with E-state index in [9.17, 15) is 9.59 Å². The van der Waals surface area contributed by atoms with Gasteiger partial charge in [-0.3, -0.25) is 9.69 Å². The Hall–Kier alpha value is -2.37. The first kappa shape index (κ1) is 17.1. The third-order valence-electron chi connectivity index (χ3n) is 5.12. The fraction of sp³-hybridized carbons (Fsp3) is 0.300. The number of amides is 1. The summed E-state index contributed by atoms with van der Waals surface area (Å²) in [6.45, 7) is 1.53. The second-order valence-electron chi connectivity index (χ2n) is 6.71. The van der Waals surface area contributed by atoms with Crippen LogP contribution in [0, 0.1) is 0 Å². The lowest BCUT2D eigenvalue weighted by Crippen LogP contribution is -2.50. The standard InChI is InChI=1S/C20H19ClN2O3/c1-26-20(25)14-7-5-13(6-8-14)11-22-12-17-10-18(22)19(24)23(17)16-4-2-3-15(21)9-16/h2-9,17-18H,10-12H2,1H3/t17-,18-/m0/s1. The van der Waals surface area contributed by atoms with Crippen molar-refractivity contribution in [3.05, 3.63) is 64.7 Å². The average Bonchev–Trinajstić information content (AvgIpc) is 3.19. The highest BCUT2D eigenvalue weighted by atomic mass is 35.5. The number of piperazine rings is 1. The number of benzene rings is 2. The molecule has 2 heterocycles. The lowest BCUT2D eigenvalue weighted by molar-refractivity contribution is -0.122. The molecular formula is C20H19ClN2O3. The zero-order valence-corrected chi connectivity index (χ0v) is 15.1. The molecule has 4 rings (SSSR count). The van der Waals surface area contributed by atoms with Crippen molar-refractivity contribution in [3.63, 3.8) is 0 Å². The van der Waals surface area contributed by atoms with Crippen LogP contribution in [0.5, 0.6) is 0 Å². The largest absolute Gasteiger partial charge is 0.465 e. The molecule has 2 aliphatic heterocycles. The molecule has 2 aliphatic rings. The van der Waals surface area contributed by atoms with Gasteiger partial charge in [0.2, 0.25) is 5.91 Å². The van der Waals surface area contributed by atoms with Crippen LogP contribution in [0.2, 0.25) is 5.02 Å². The van der Waals surface area contributed by atoms with Crippen molar-refractivity contribution in [1.82, 2.24) is 4.90 Å². The number of carbonyl (C=O) groups excluding carboxylic acids is 2. The van der Waals surface area contributed by atoms with Crippen LogP contribution in [0.3, 0.4) is 0 Å². The number of likely N-dealkylation sites (tertiary alicyclic amines) is 1. The lowest BCUT2D eigenvalue weighted by atomic mass is 10.1. The van der Waals surface area contributed by atoms with Gasteiger partial charge in [0.25, 0.3) is 0 Å². The van der Waals surface area contributed by atoms with Crippen LogP contribution < -0.4 is 4.90 Å². The molecule has 134 valence electrons. The molecule has 5 nitrogen and oxygen atoms in total. The van der Waals surface area contributed by atoms with Gasteiger partial charge in [0.1, 0.15) is 0 Å². The van der Waals surface area contributed by atoms with Crippen molar-refractivity contribution in [2.45, 2.75) is 25.0 Å². The molecular weight excluding hydrogens is 352 g/mol. The fourth-order valence-corrected chi connectivity index (χ4v) is 4.09. The van der Waals surface area contributed by atoms with Gasteiger partial charge in [0.05, 0.1) is 24.8 Å². The van der Waals surface area contributed by atoms with E-state index in [-0.39, 0.29) is 24.0 Å². The number of nitrogens with zero attached hydrogens (tertiary/aromatic N) is 2. The third kappa shape index (κ3) is 2.97. The van der Waals surface area contributed by atoms with E-state index in [0.717, 1.165) is 24.2 Å². The molecule has 0 aliphatic carbocycles. The Balaban J connectivity index is 1.46. The topological polar surface area (TPSA) is 49.9 Å². The monoisotopic (exact) mass is 370 g/mol. The number of halogens is 1. The SMILES string of the molecule is COC(=O)c1ccc(CN2C[C@@H]3C[C@H]2C(=O)N3c2cccc(Cl)c2)cc1. The minimum Gasteiger partial charge on any atom is -0.465 e. The molecule has 1 amide bonds. The molecule has 2 atom stereocenters. The average molecular weight is 371 g/mol. The van der Waals surface area contributed by atoms with Crippen LogP contribution in [-0.4, -0.2) is 42.5 Å². The number of ether oxygens (including phenoxy) is 1. The molecule has 2 fully saturated rings. The van der Waals surface area contributed by atoms with Gasteiger partial charge >= 0.3 is 5.97 Å². The van der Waals surface area contributed by atoms with Gasteiger partial charge in [-0.05, 0) is 42.3 Å². The highest BCUT2D eigenvalue weighted by Crippen LogP contribution is 2.37. The van der Waals surface area contributed by atoms with Gasteiger partial charge in [0.15, 0.2) is 0 Å². The number of rotatable bonds is 4. The minimum absolute atomic E-state index is 0.0979. The number of methoxy groups -OCH3 is 1. The maximum Gasteiger partial charge on any atom is 0.337 e. The van der Waals surface area contributed by atoms with Crippen LogP contribution in [0.25, 0.3) is 0 Å². The molecule has 2 bridgehead atoms. The quantitative estimate of drug-likeness (QED) is 0.776. The molecule has 0 aromatic heterocycles. The summed E-state index contributed by atoms with van der Waals surface area (Å²) in [6, 6.07) is 14.9. The van der Waals surface area contributed by atoms with Crippen molar-refractivity contribution in [1.29, 1.82) is 0 Å². The van der Waals surface area contributed by atoms with E-state index in [1.54, 1.807) is 12.1 Å². The maximum absolute atomic E-state index is 12.8. The molecule has 6 heteroatoms. The molecule has 2 saturated heterocycles. The molecule has 0 radical (unpaired) electrons. The zero-order valence-electron chi connectivity index (χ0n) is 14.4. The van der Waals surface area contributed by atoms with Crippen molar-refractivity contribution < 1.29 is 14.3 Å². The number of anilines is 1. The number of hydrogen-bond donors (Lipinski definition) is 0. The Kier molecular flexibility index (Phi) is 4.42.